The predicted octanol–water partition coefficient (Wildman–Crippen LogP) is 3.13. The van der Waals surface area contributed by atoms with Crippen molar-refractivity contribution in [2.75, 3.05) is 5.32 Å². The SMILES string of the molecule is O=C(Nc1ccc(O)c(C(=O)O)c1)c1ccc(-n2cccc2)cc1. The Hall–Kier alpha value is -3.54. The number of nitrogens with zero attached hydrogens (tertiary/aromatic N) is 1. The number of carboxylic acid groups (broad SMARTS) is 1. The van der Waals surface area contributed by atoms with E-state index in [0.717, 1.165) is 5.69 Å². The van der Waals surface area contributed by atoms with Crippen LogP contribution in [0.25, 0.3) is 5.69 Å². The molecule has 24 heavy (non-hydrogen) atoms. The van der Waals surface area contributed by atoms with Crippen LogP contribution in [0.15, 0.2) is 67.0 Å². The summed E-state index contributed by atoms with van der Waals surface area (Å²) in [7, 11) is 0. The molecular formula is C18H14N2O4. The number of hydrogen-bond donors (Lipinski definition) is 3. The van der Waals surface area contributed by atoms with Crippen molar-refractivity contribution < 1.29 is 19.8 Å². The molecule has 1 aromatic heterocycles. The summed E-state index contributed by atoms with van der Waals surface area (Å²) in [6.45, 7) is 0. The number of phenols is 1. The highest BCUT2D eigenvalue weighted by atomic mass is 16.4. The quantitative estimate of drug-likeness (QED) is 0.644. The number of hydrogen-bond acceptors (Lipinski definition) is 3. The van der Waals surface area contributed by atoms with Crippen molar-refractivity contribution in [3.63, 3.8) is 0 Å². The number of carboxylic acids is 1. The van der Waals surface area contributed by atoms with E-state index in [-0.39, 0.29) is 17.2 Å². The summed E-state index contributed by atoms with van der Waals surface area (Å²) in [5.41, 5.74) is 1.39. The lowest BCUT2D eigenvalue weighted by molar-refractivity contribution is 0.0693. The van der Waals surface area contributed by atoms with Gasteiger partial charge in [-0.15, -0.1) is 0 Å². The molecule has 0 saturated heterocycles. The van der Waals surface area contributed by atoms with Crippen molar-refractivity contribution in [2.24, 2.45) is 0 Å². The molecule has 6 heteroatoms. The molecule has 1 amide bonds. The third-order valence-corrected chi connectivity index (χ3v) is 3.52. The molecule has 0 aliphatic carbocycles. The number of aromatic nitrogens is 1. The van der Waals surface area contributed by atoms with Gasteiger partial charge in [-0.05, 0) is 54.6 Å². The number of aromatic carboxylic acids is 1. The molecule has 2 aromatic carbocycles. The maximum atomic E-state index is 12.3. The van der Waals surface area contributed by atoms with Gasteiger partial charge >= 0.3 is 5.97 Å². The minimum atomic E-state index is -1.26. The van der Waals surface area contributed by atoms with Crippen LogP contribution in [-0.2, 0) is 0 Å². The largest absolute Gasteiger partial charge is 0.507 e. The van der Waals surface area contributed by atoms with E-state index in [4.69, 9.17) is 5.11 Å². The topological polar surface area (TPSA) is 91.6 Å². The van der Waals surface area contributed by atoms with E-state index in [1.54, 1.807) is 12.1 Å². The van der Waals surface area contributed by atoms with Gasteiger partial charge in [0.1, 0.15) is 11.3 Å². The molecule has 0 aliphatic rings. The molecule has 1 heterocycles. The molecule has 3 N–H and O–H groups in total. The maximum Gasteiger partial charge on any atom is 0.339 e. The van der Waals surface area contributed by atoms with Crippen LogP contribution >= 0.6 is 0 Å². The van der Waals surface area contributed by atoms with Crippen LogP contribution in [0.4, 0.5) is 5.69 Å². The lowest BCUT2D eigenvalue weighted by Gasteiger charge is -2.08. The molecular weight excluding hydrogens is 308 g/mol. The van der Waals surface area contributed by atoms with E-state index in [2.05, 4.69) is 5.32 Å². The van der Waals surface area contributed by atoms with Gasteiger partial charge in [0.25, 0.3) is 5.91 Å². The third-order valence-electron chi connectivity index (χ3n) is 3.52. The summed E-state index contributed by atoms with van der Waals surface area (Å²) in [5.74, 6) is -1.98. The zero-order valence-electron chi connectivity index (χ0n) is 12.5. The summed E-state index contributed by atoms with van der Waals surface area (Å²) in [4.78, 5) is 23.3. The second-order valence-electron chi connectivity index (χ2n) is 5.13. The first-order valence-electron chi connectivity index (χ1n) is 7.15. The fourth-order valence-electron chi connectivity index (χ4n) is 2.28. The summed E-state index contributed by atoms with van der Waals surface area (Å²) < 4.78 is 1.92. The molecule has 3 rings (SSSR count). The lowest BCUT2D eigenvalue weighted by Crippen LogP contribution is -2.12. The van der Waals surface area contributed by atoms with E-state index in [1.807, 2.05) is 41.2 Å². The minimum absolute atomic E-state index is 0.268. The average Bonchev–Trinajstić information content (AvgIpc) is 3.11. The number of carbonyl (C=O) groups is 2. The van der Waals surface area contributed by atoms with Crippen LogP contribution in [0.3, 0.4) is 0 Å². The van der Waals surface area contributed by atoms with Crippen LogP contribution in [0.5, 0.6) is 5.75 Å². The van der Waals surface area contributed by atoms with E-state index in [1.165, 1.54) is 18.2 Å². The molecule has 0 fully saturated rings. The summed E-state index contributed by atoms with van der Waals surface area (Å²) >= 11 is 0. The zero-order chi connectivity index (χ0) is 17.1. The van der Waals surface area contributed by atoms with Gasteiger partial charge in [-0.2, -0.15) is 0 Å². The summed E-state index contributed by atoms with van der Waals surface area (Å²) in [6.07, 6.45) is 3.80. The van der Waals surface area contributed by atoms with Gasteiger partial charge in [0.15, 0.2) is 0 Å². The average molecular weight is 322 g/mol. The van der Waals surface area contributed by atoms with Crippen LogP contribution in [0.1, 0.15) is 20.7 Å². The highest BCUT2D eigenvalue weighted by Gasteiger charge is 2.12. The molecule has 0 aliphatic heterocycles. The molecule has 6 nitrogen and oxygen atoms in total. The maximum absolute atomic E-state index is 12.3. The normalized spacial score (nSPS) is 10.3. The van der Waals surface area contributed by atoms with Gasteiger partial charge in [-0.1, -0.05) is 0 Å². The highest BCUT2D eigenvalue weighted by molar-refractivity contribution is 6.05. The van der Waals surface area contributed by atoms with Gasteiger partial charge in [0.2, 0.25) is 0 Å². The Bertz CT molecular complexity index is 884. The number of aromatic hydroxyl groups is 1. The van der Waals surface area contributed by atoms with Crippen LogP contribution < -0.4 is 5.32 Å². The van der Waals surface area contributed by atoms with Gasteiger partial charge in [0.05, 0.1) is 0 Å². The monoisotopic (exact) mass is 322 g/mol. The number of nitrogens with one attached hydrogen (secondary N) is 1. The van der Waals surface area contributed by atoms with Crippen LogP contribution in [-0.4, -0.2) is 26.7 Å². The van der Waals surface area contributed by atoms with Crippen molar-refractivity contribution in [3.05, 3.63) is 78.1 Å². The van der Waals surface area contributed by atoms with Gasteiger partial charge in [0, 0.05) is 29.3 Å². The van der Waals surface area contributed by atoms with E-state index < -0.39 is 5.97 Å². The van der Waals surface area contributed by atoms with Crippen molar-refractivity contribution in [3.8, 4) is 11.4 Å². The molecule has 3 aromatic rings. The number of anilines is 1. The predicted molar refractivity (Wildman–Crippen MR) is 88.8 cm³/mol. The van der Waals surface area contributed by atoms with Crippen molar-refractivity contribution in [2.45, 2.75) is 0 Å². The van der Waals surface area contributed by atoms with E-state index >= 15 is 0 Å². The van der Waals surface area contributed by atoms with E-state index in [9.17, 15) is 14.7 Å². The third kappa shape index (κ3) is 3.12. The Morgan fingerprint density at radius 2 is 1.62 bits per heavy atom. The van der Waals surface area contributed by atoms with Crippen LogP contribution in [0.2, 0.25) is 0 Å². The first kappa shape index (κ1) is 15.4. The van der Waals surface area contributed by atoms with Gasteiger partial charge in [-0.3, -0.25) is 4.79 Å². The molecule has 0 unspecified atom stereocenters. The highest BCUT2D eigenvalue weighted by Crippen LogP contribution is 2.22. The molecule has 0 saturated carbocycles. The molecule has 120 valence electrons. The summed E-state index contributed by atoms with van der Waals surface area (Å²) in [6, 6.07) is 14.7. The minimum Gasteiger partial charge on any atom is -0.507 e. The second kappa shape index (κ2) is 6.29. The van der Waals surface area contributed by atoms with Crippen molar-refractivity contribution >= 4 is 17.6 Å². The Kier molecular flexibility index (Phi) is 4.03. The summed E-state index contributed by atoms with van der Waals surface area (Å²) in [5, 5.41) is 21.1. The lowest BCUT2D eigenvalue weighted by atomic mass is 10.1. The molecule has 0 radical (unpaired) electrons. The molecule has 0 atom stereocenters. The molecule has 0 spiro atoms. The second-order valence-corrected chi connectivity index (χ2v) is 5.13. The van der Waals surface area contributed by atoms with Crippen LogP contribution in [0, 0.1) is 0 Å². The standard InChI is InChI=1S/C18H14N2O4/c21-16-8-5-13(11-15(16)18(23)24)19-17(22)12-3-6-14(7-4-12)20-9-1-2-10-20/h1-11,21H,(H,19,22)(H,23,24). The Balaban J connectivity index is 1.78. The fraction of sp³-hybridized carbons (Fsp3) is 0. The first-order valence-corrected chi connectivity index (χ1v) is 7.15. The van der Waals surface area contributed by atoms with Gasteiger partial charge < -0.3 is 20.1 Å². The number of carbonyl (C=O) groups excluding carboxylic acids is 1. The molecule has 0 bridgehead atoms. The fourth-order valence-corrected chi connectivity index (χ4v) is 2.28. The number of amides is 1. The number of rotatable bonds is 4. The Morgan fingerprint density at radius 3 is 2.25 bits per heavy atom. The van der Waals surface area contributed by atoms with Crippen molar-refractivity contribution in [1.82, 2.24) is 4.57 Å². The number of benzene rings is 2. The zero-order valence-corrected chi connectivity index (χ0v) is 12.5. The van der Waals surface area contributed by atoms with Crippen molar-refractivity contribution in [1.29, 1.82) is 0 Å². The van der Waals surface area contributed by atoms with Gasteiger partial charge in [-0.25, -0.2) is 4.79 Å². The van der Waals surface area contributed by atoms with E-state index in [0.29, 0.717) is 11.3 Å². The first-order chi connectivity index (χ1) is 11.5. The smallest absolute Gasteiger partial charge is 0.339 e. The Labute approximate surface area is 137 Å². The Morgan fingerprint density at radius 1 is 0.958 bits per heavy atom.